The zero-order valence-corrected chi connectivity index (χ0v) is 5.85. The van der Waals surface area contributed by atoms with Gasteiger partial charge in [0.1, 0.15) is 0 Å². The van der Waals surface area contributed by atoms with E-state index in [4.69, 9.17) is 11.5 Å². The van der Waals surface area contributed by atoms with E-state index in [-0.39, 0.29) is 11.1 Å². The molecule has 2 rings (SSSR count). The smallest absolute Gasteiger partial charge is 0.0366 e. The topological polar surface area (TPSA) is 52.0 Å². The van der Waals surface area contributed by atoms with Gasteiger partial charge in [0.05, 0.1) is 0 Å². The molecule has 0 aromatic heterocycles. The lowest BCUT2D eigenvalue weighted by atomic mass is 10.0. The fraction of sp³-hybridized carbons (Fsp3) is 1.00. The molecule has 2 nitrogen and oxygen atoms in total. The molecule has 0 aliphatic heterocycles. The van der Waals surface area contributed by atoms with Crippen LogP contribution in [0.4, 0.5) is 0 Å². The molecule has 0 saturated heterocycles. The van der Waals surface area contributed by atoms with Gasteiger partial charge in [-0.3, -0.25) is 0 Å². The van der Waals surface area contributed by atoms with Crippen molar-refractivity contribution >= 4 is 0 Å². The Morgan fingerprint density at radius 3 is 1.89 bits per heavy atom. The summed E-state index contributed by atoms with van der Waals surface area (Å²) in [6.07, 6.45) is 3.44. The first-order valence-electron chi connectivity index (χ1n) is 3.66. The maximum Gasteiger partial charge on any atom is 0.0366 e. The normalized spacial score (nSPS) is 53.0. The highest BCUT2D eigenvalue weighted by molar-refractivity contribution is 5.26. The number of hydrogen-bond acceptors (Lipinski definition) is 2. The Hall–Kier alpha value is -0.0800. The van der Waals surface area contributed by atoms with E-state index >= 15 is 0 Å². The Morgan fingerprint density at radius 2 is 1.78 bits per heavy atom. The molecular weight excluding hydrogens is 112 g/mol. The van der Waals surface area contributed by atoms with Crippen LogP contribution in [0, 0.1) is 5.92 Å². The number of nitrogens with two attached hydrogens (primary N) is 2. The van der Waals surface area contributed by atoms with Crippen LogP contribution >= 0.6 is 0 Å². The van der Waals surface area contributed by atoms with Crippen molar-refractivity contribution in [1.82, 2.24) is 0 Å². The van der Waals surface area contributed by atoms with Crippen molar-refractivity contribution in [3.63, 3.8) is 0 Å². The minimum atomic E-state index is 0.0347. The molecule has 2 fully saturated rings. The maximum absolute atomic E-state index is 6.00. The molecule has 52 valence electrons. The molecule has 9 heavy (non-hydrogen) atoms. The number of rotatable bonds is 1. The second-order valence-corrected chi connectivity index (χ2v) is 3.80. The standard InChI is InChI=1S/C7H14N2/c1-5-4-7(5,9)6(8)2-3-6/h5H,2-4,8-9H2,1H3. The van der Waals surface area contributed by atoms with Gasteiger partial charge < -0.3 is 11.5 Å². The van der Waals surface area contributed by atoms with E-state index in [0.717, 1.165) is 19.3 Å². The first-order chi connectivity index (χ1) is 4.08. The lowest BCUT2D eigenvalue weighted by Gasteiger charge is -2.17. The van der Waals surface area contributed by atoms with Gasteiger partial charge in [0.15, 0.2) is 0 Å². The average Bonchev–Trinajstić information content (AvgIpc) is 2.57. The largest absolute Gasteiger partial charge is 0.324 e. The first-order valence-corrected chi connectivity index (χ1v) is 3.66. The summed E-state index contributed by atoms with van der Waals surface area (Å²) < 4.78 is 0. The summed E-state index contributed by atoms with van der Waals surface area (Å²) in [6, 6.07) is 0. The van der Waals surface area contributed by atoms with Gasteiger partial charge in [-0.05, 0) is 25.2 Å². The van der Waals surface area contributed by atoms with Crippen LogP contribution in [0.15, 0.2) is 0 Å². The van der Waals surface area contributed by atoms with Crippen molar-refractivity contribution in [2.45, 2.75) is 37.3 Å². The van der Waals surface area contributed by atoms with Crippen LogP contribution in [0.2, 0.25) is 0 Å². The van der Waals surface area contributed by atoms with Gasteiger partial charge in [-0.15, -0.1) is 0 Å². The minimum absolute atomic E-state index is 0.0347. The second-order valence-electron chi connectivity index (χ2n) is 3.80. The average molecular weight is 126 g/mol. The highest BCUT2D eigenvalue weighted by Gasteiger charge is 2.65. The SMILES string of the molecule is CC1CC1(N)C1(N)CC1. The Balaban J connectivity index is 2.14. The van der Waals surface area contributed by atoms with Crippen LogP contribution in [0.5, 0.6) is 0 Å². The summed E-state index contributed by atoms with van der Waals surface area (Å²) in [6.45, 7) is 2.19. The van der Waals surface area contributed by atoms with Crippen LogP contribution in [-0.2, 0) is 0 Å². The summed E-state index contributed by atoms with van der Waals surface area (Å²) in [5.41, 5.74) is 12.0. The zero-order valence-electron chi connectivity index (χ0n) is 5.85. The quantitative estimate of drug-likeness (QED) is 0.528. The molecule has 0 bridgehead atoms. The third-order valence-corrected chi connectivity index (χ3v) is 3.08. The molecule has 0 aromatic rings. The van der Waals surface area contributed by atoms with Crippen molar-refractivity contribution in [2.24, 2.45) is 17.4 Å². The van der Waals surface area contributed by atoms with Crippen LogP contribution in [-0.4, -0.2) is 11.1 Å². The van der Waals surface area contributed by atoms with E-state index in [0.29, 0.717) is 5.92 Å². The molecule has 0 amide bonds. The van der Waals surface area contributed by atoms with Gasteiger partial charge in [0, 0.05) is 11.1 Å². The van der Waals surface area contributed by atoms with E-state index in [1.807, 2.05) is 0 Å². The predicted octanol–water partition coefficient (Wildman–Crippen LogP) is 0.215. The molecule has 2 aliphatic carbocycles. The van der Waals surface area contributed by atoms with Gasteiger partial charge in [0.25, 0.3) is 0 Å². The summed E-state index contributed by atoms with van der Waals surface area (Å²) in [5, 5.41) is 0. The van der Waals surface area contributed by atoms with Gasteiger partial charge in [-0.25, -0.2) is 0 Å². The van der Waals surface area contributed by atoms with Gasteiger partial charge in [-0.1, -0.05) is 6.92 Å². The molecule has 2 unspecified atom stereocenters. The lowest BCUT2D eigenvalue weighted by Crippen LogP contribution is -2.47. The molecule has 0 spiro atoms. The van der Waals surface area contributed by atoms with E-state index in [1.165, 1.54) is 0 Å². The Kier molecular flexibility index (Phi) is 0.746. The van der Waals surface area contributed by atoms with Crippen molar-refractivity contribution in [3.8, 4) is 0 Å². The first kappa shape index (κ1) is 5.69. The van der Waals surface area contributed by atoms with Crippen LogP contribution < -0.4 is 11.5 Å². The molecular formula is C7H14N2. The minimum Gasteiger partial charge on any atom is -0.324 e. The molecule has 0 radical (unpaired) electrons. The van der Waals surface area contributed by atoms with Gasteiger partial charge in [0.2, 0.25) is 0 Å². The van der Waals surface area contributed by atoms with E-state index in [2.05, 4.69) is 6.92 Å². The maximum atomic E-state index is 6.00. The molecule has 2 atom stereocenters. The molecule has 4 N–H and O–H groups in total. The predicted molar refractivity (Wildman–Crippen MR) is 36.9 cm³/mol. The highest BCUT2D eigenvalue weighted by atomic mass is 15.0. The molecule has 0 heterocycles. The van der Waals surface area contributed by atoms with Crippen molar-refractivity contribution in [1.29, 1.82) is 0 Å². The highest BCUT2D eigenvalue weighted by Crippen LogP contribution is 2.57. The van der Waals surface area contributed by atoms with E-state index < -0.39 is 0 Å². The third-order valence-electron chi connectivity index (χ3n) is 3.08. The third kappa shape index (κ3) is 0.528. The zero-order chi connectivity index (χ0) is 6.70. The van der Waals surface area contributed by atoms with Gasteiger partial charge >= 0.3 is 0 Å². The van der Waals surface area contributed by atoms with Crippen LogP contribution in [0.3, 0.4) is 0 Å². The van der Waals surface area contributed by atoms with E-state index in [9.17, 15) is 0 Å². The van der Waals surface area contributed by atoms with Crippen LogP contribution in [0.1, 0.15) is 26.2 Å². The Morgan fingerprint density at radius 1 is 1.33 bits per heavy atom. The molecule has 0 aromatic carbocycles. The summed E-state index contributed by atoms with van der Waals surface area (Å²) in [5.74, 6) is 0.671. The van der Waals surface area contributed by atoms with Crippen molar-refractivity contribution in [2.75, 3.05) is 0 Å². The Bertz CT molecular complexity index is 151. The summed E-state index contributed by atoms with van der Waals surface area (Å²) in [4.78, 5) is 0. The molecule has 2 heteroatoms. The summed E-state index contributed by atoms with van der Waals surface area (Å²) >= 11 is 0. The van der Waals surface area contributed by atoms with Crippen molar-refractivity contribution in [3.05, 3.63) is 0 Å². The Labute approximate surface area is 55.6 Å². The second kappa shape index (κ2) is 1.18. The van der Waals surface area contributed by atoms with Crippen LogP contribution in [0.25, 0.3) is 0 Å². The van der Waals surface area contributed by atoms with Crippen molar-refractivity contribution < 1.29 is 0 Å². The molecule has 2 aliphatic rings. The monoisotopic (exact) mass is 126 g/mol. The summed E-state index contributed by atoms with van der Waals surface area (Å²) in [7, 11) is 0. The fourth-order valence-electron chi connectivity index (χ4n) is 1.74. The van der Waals surface area contributed by atoms with E-state index in [1.54, 1.807) is 0 Å². The number of hydrogen-bond donors (Lipinski definition) is 2. The lowest BCUT2D eigenvalue weighted by molar-refractivity contribution is 0.468. The van der Waals surface area contributed by atoms with Gasteiger partial charge in [-0.2, -0.15) is 0 Å². The fourth-order valence-corrected chi connectivity index (χ4v) is 1.74. The molecule has 2 saturated carbocycles.